The topological polar surface area (TPSA) is 43.3 Å². The zero-order valence-electron chi connectivity index (χ0n) is 10.4. The van der Waals surface area contributed by atoms with E-state index in [9.17, 15) is 0 Å². The first-order valence-corrected chi connectivity index (χ1v) is 6.54. The van der Waals surface area contributed by atoms with E-state index in [0.29, 0.717) is 6.54 Å². The number of imidazole rings is 1. The molecular weight excluding hydrogens is 258 g/mol. The number of hydrogen-bond acceptors (Lipinski definition) is 2. The van der Waals surface area contributed by atoms with Gasteiger partial charge in [0.1, 0.15) is 5.65 Å². The van der Waals surface area contributed by atoms with Crippen LogP contribution in [0.5, 0.6) is 0 Å². The Morgan fingerprint density at radius 3 is 2.63 bits per heavy atom. The second-order valence-electron chi connectivity index (χ2n) is 4.48. The van der Waals surface area contributed by atoms with Gasteiger partial charge in [0.2, 0.25) is 0 Å². The first-order chi connectivity index (χ1) is 9.26. The highest BCUT2D eigenvalue weighted by molar-refractivity contribution is 6.30. The normalized spacial score (nSPS) is 11.1. The summed E-state index contributed by atoms with van der Waals surface area (Å²) in [4.78, 5) is 4.61. The van der Waals surface area contributed by atoms with Crippen molar-refractivity contribution in [3.05, 3.63) is 70.6 Å². The summed E-state index contributed by atoms with van der Waals surface area (Å²) in [6.45, 7) is 0.508. The molecule has 2 N–H and O–H groups in total. The highest BCUT2D eigenvalue weighted by Crippen LogP contribution is 2.15. The largest absolute Gasteiger partial charge is 0.325 e. The summed E-state index contributed by atoms with van der Waals surface area (Å²) in [7, 11) is 0. The molecule has 4 heteroatoms. The maximum Gasteiger partial charge on any atom is 0.137 e. The van der Waals surface area contributed by atoms with E-state index in [1.54, 1.807) is 0 Å². The fraction of sp³-hybridized carbons (Fsp3) is 0.133. The van der Waals surface area contributed by atoms with E-state index in [2.05, 4.69) is 4.98 Å². The molecule has 0 radical (unpaired) electrons. The summed E-state index contributed by atoms with van der Waals surface area (Å²) in [5.74, 6) is 0. The van der Waals surface area contributed by atoms with Crippen molar-refractivity contribution < 1.29 is 0 Å². The van der Waals surface area contributed by atoms with Crippen LogP contribution in [0.15, 0.2) is 48.7 Å². The van der Waals surface area contributed by atoms with Crippen molar-refractivity contribution in [3.8, 4) is 0 Å². The van der Waals surface area contributed by atoms with Crippen molar-refractivity contribution in [3.63, 3.8) is 0 Å². The number of benzene rings is 1. The number of hydrogen-bond donors (Lipinski definition) is 1. The van der Waals surface area contributed by atoms with Gasteiger partial charge in [0.15, 0.2) is 0 Å². The quantitative estimate of drug-likeness (QED) is 0.796. The first-order valence-electron chi connectivity index (χ1n) is 6.16. The summed E-state index contributed by atoms with van der Waals surface area (Å²) in [6.07, 6.45) is 2.84. The van der Waals surface area contributed by atoms with E-state index in [4.69, 9.17) is 17.3 Å². The van der Waals surface area contributed by atoms with Crippen molar-refractivity contribution in [1.29, 1.82) is 0 Å². The Morgan fingerprint density at radius 1 is 1.11 bits per heavy atom. The Labute approximate surface area is 116 Å². The van der Waals surface area contributed by atoms with Crippen molar-refractivity contribution in [2.24, 2.45) is 5.73 Å². The molecular formula is C15H14ClN3. The van der Waals surface area contributed by atoms with Gasteiger partial charge in [-0.25, -0.2) is 4.98 Å². The van der Waals surface area contributed by atoms with E-state index < -0.39 is 0 Å². The Balaban J connectivity index is 1.95. The molecule has 0 spiro atoms. The minimum absolute atomic E-state index is 0.508. The molecule has 0 atom stereocenters. The smallest absolute Gasteiger partial charge is 0.137 e. The fourth-order valence-electron chi connectivity index (χ4n) is 2.18. The van der Waals surface area contributed by atoms with Crippen LogP contribution in [-0.4, -0.2) is 9.38 Å². The van der Waals surface area contributed by atoms with E-state index in [0.717, 1.165) is 28.5 Å². The van der Waals surface area contributed by atoms with Crippen LogP contribution >= 0.6 is 11.6 Å². The molecule has 3 rings (SSSR count). The predicted octanol–water partition coefficient (Wildman–Crippen LogP) is 3.04. The highest BCUT2D eigenvalue weighted by Gasteiger charge is 2.05. The third-order valence-corrected chi connectivity index (χ3v) is 3.39. The van der Waals surface area contributed by atoms with Gasteiger partial charge < -0.3 is 10.1 Å². The van der Waals surface area contributed by atoms with Crippen LogP contribution in [0, 0.1) is 0 Å². The van der Waals surface area contributed by atoms with Gasteiger partial charge in [-0.05, 0) is 29.8 Å². The molecule has 96 valence electrons. The molecule has 0 fully saturated rings. The Hall–Kier alpha value is -1.84. The highest BCUT2D eigenvalue weighted by atomic mass is 35.5. The summed E-state index contributed by atoms with van der Waals surface area (Å²) in [5, 5.41) is 0.754. The van der Waals surface area contributed by atoms with Gasteiger partial charge in [-0.1, -0.05) is 29.8 Å². The Kier molecular flexibility index (Phi) is 3.23. The fourth-order valence-corrected chi connectivity index (χ4v) is 2.31. The number of fused-ring (bicyclic) bond motifs is 1. The Morgan fingerprint density at radius 2 is 1.89 bits per heavy atom. The third kappa shape index (κ3) is 2.48. The lowest BCUT2D eigenvalue weighted by Gasteiger charge is -2.00. The second-order valence-corrected chi connectivity index (χ2v) is 4.92. The van der Waals surface area contributed by atoms with Gasteiger partial charge in [-0.3, -0.25) is 0 Å². The van der Waals surface area contributed by atoms with Crippen molar-refractivity contribution >= 4 is 17.2 Å². The summed E-state index contributed by atoms with van der Waals surface area (Å²) < 4.78 is 2.05. The van der Waals surface area contributed by atoms with Crippen LogP contribution in [0.3, 0.4) is 0 Å². The lowest BCUT2D eigenvalue weighted by Crippen LogP contribution is -2.02. The average molecular weight is 272 g/mol. The van der Waals surface area contributed by atoms with Crippen molar-refractivity contribution in [2.45, 2.75) is 13.0 Å². The minimum atomic E-state index is 0.508. The van der Waals surface area contributed by atoms with Gasteiger partial charge in [-0.15, -0.1) is 0 Å². The monoisotopic (exact) mass is 271 g/mol. The third-order valence-electron chi connectivity index (χ3n) is 3.13. The summed E-state index contributed by atoms with van der Waals surface area (Å²) in [5.41, 5.74) is 9.96. The lowest BCUT2D eigenvalue weighted by atomic mass is 10.1. The zero-order valence-corrected chi connectivity index (χ0v) is 11.1. The van der Waals surface area contributed by atoms with E-state index in [1.807, 2.05) is 53.1 Å². The number of nitrogens with two attached hydrogens (primary N) is 1. The maximum atomic E-state index is 5.88. The molecule has 2 aromatic heterocycles. The van der Waals surface area contributed by atoms with Crippen LogP contribution in [0.4, 0.5) is 0 Å². The molecule has 0 aliphatic heterocycles. The average Bonchev–Trinajstić information content (AvgIpc) is 2.83. The number of pyridine rings is 1. The summed E-state index contributed by atoms with van der Waals surface area (Å²) in [6, 6.07) is 13.8. The van der Waals surface area contributed by atoms with Crippen LogP contribution in [0.2, 0.25) is 5.02 Å². The van der Waals surface area contributed by atoms with Gasteiger partial charge in [0, 0.05) is 29.9 Å². The maximum absolute atomic E-state index is 5.88. The molecule has 3 nitrogen and oxygen atoms in total. The number of halogens is 1. The Bertz CT molecular complexity index is 701. The minimum Gasteiger partial charge on any atom is -0.325 e. The SMILES string of the molecule is NCc1cccc2nc(Cc3ccc(Cl)cc3)cn12. The molecule has 0 bridgehead atoms. The molecule has 2 heterocycles. The number of rotatable bonds is 3. The van der Waals surface area contributed by atoms with Gasteiger partial charge in [-0.2, -0.15) is 0 Å². The molecule has 0 saturated heterocycles. The molecule has 0 aliphatic carbocycles. The molecule has 0 saturated carbocycles. The second kappa shape index (κ2) is 5.03. The zero-order chi connectivity index (χ0) is 13.2. The van der Waals surface area contributed by atoms with Gasteiger partial charge in [0.05, 0.1) is 5.69 Å². The van der Waals surface area contributed by atoms with Crippen LogP contribution < -0.4 is 5.73 Å². The predicted molar refractivity (Wildman–Crippen MR) is 77.3 cm³/mol. The molecule has 1 aromatic carbocycles. The van der Waals surface area contributed by atoms with Gasteiger partial charge >= 0.3 is 0 Å². The molecule has 0 unspecified atom stereocenters. The van der Waals surface area contributed by atoms with E-state index in [1.165, 1.54) is 5.56 Å². The van der Waals surface area contributed by atoms with Crippen LogP contribution in [0.1, 0.15) is 17.0 Å². The van der Waals surface area contributed by atoms with Crippen molar-refractivity contribution in [2.75, 3.05) is 0 Å². The standard InChI is InChI=1S/C15H14ClN3/c16-12-6-4-11(5-7-12)8-13-10-19-14(9-17)2-1-3-15(19)18-13/h1-7,10H,8-9,17H2. The number of nitrogens with zero attached hydrogens (tertiary/aromatic N) is 2. The lowest BCUT2D eigenvalue weighted by molar-refractivity contribution is 0.944. The molecule has 0 aliphatic rings. The van der Waals surface area contributed by atoms with Crippen molar-refractivity contribution in [1.82, 2.24) is 9.38 Å². The summed E-state index contributed by atoms with van der Waals surface area (Å²) >= 11 is 5.88. The van der Waals surface area contributed by atoms with Gasteiger partial charge in [0.25, 0.3) is 0 Å². The van der Waals surface area contributed by atoms with Crippen LogP contribution in [-0.2, 0) is 13.0 Å². The number of aromatic nitrogens is 2. The first kappa shape index (κ1) is 12.2. The van der Waals surface area contributed by atoms with Crippen LogP contribution in [0.25, 0.3) is 5.65 Å². The van der Waals surface area contributed by atoms with E-state index >= 15 is 0 Å². The molecule has 3 aromatic rings. The van der Waals surface area contributed by atoms with E-state index in [-0.39, 0.29) is 0 Å². The molecule has 0 amide bonds. The molecule has 19 heavy (non-hydrogen) atoms.